The molecular formula is C20H25F3N2O6S. The van der Waals surface area contributed by atoms with Gasteiger partial charge in [-0.25, -0.2) is 0 Å². The predicted molar refractivity (Wildman–Crippen MR) is 108 cm³/mol. The van der Waals surface area contributed by atoms with E-state index in [4.69, 9.17) is 19.4 Å². The van der Waals surface area contributed by atoms with E-state index in [0.29, 0.717) is 11.0 Å². The van der Waals surface area contributed by atoms with Gasteiger partial charge in [0.25, 0.3) is 5.91 Å². The van der Waals surface area contributed by atoms with E-state index in [9.17, 15) is 22.8 Å². The minimum atomic E-state index is -5.19. The molecule has 12 heteroatoms. The van der Waals surface area contributed by atoms with Crippen molar-refractivity contribution in [3.63, 3.8) is 0 Å². The van der Waals surface area contributed by atoms with Crippen LogP contribution >= 0.6 is 11.3 Å². The Balaban J connectivity index is 0.000000633. The second-order valence-electron chi connectivity index (χ2n) is 7.92. The number of nitrogens with zero attached hydrogens (tertiary/aromatic N) is 1. The fourth-order valence-electron chi connectivity index (χ4n) is 2.63. The van der Waals surface area contributed by atoms with E-state index in [1.165, 1.54) is 5.56 Å². The number of thiophene rings is 1. The maximum Gasteiger partial charge on any atom is 0.430 e. The fraction of sp³-hybridized carbons (Fsp3) is 0.450. The molecule has 0 fully saturated rings. The first-order valence-electron chi connectivity index (χ1n) is 9.38. The molecule has 0 aliphatic heterocycles. The molecule has 178 valence electrons. The lowest BCUT2D eigenvalue weighted by Crippen LogP contribution is -2.49. The summed E-state index contributed by atoms with van der Waals surface area (Å²) in [6.07, 6.45) is -3.73. The molecule has 0 aliphatic rings. The molecule has 0 aliphatic carbocycles. The molecule has 32 heavy (non-hydrogen) atoms. The highest BCUT2D eigenvalue weighted by Crippen LogP contribution is 2.14. The summed E-state index contributed by atoms with van der Waals surface area (Å²) >= 11 is 1.66. The van der Waals surface area contributed by atoms with Gasteiger partial charge in [0.1, 0.15) is 11.7 Å². The number of alkyl halides is 3. The number of aryl methyl sites for hydroxylation is 2. The molecule has 0 saturated carbocycles. The van der Waals surface area contributed by atoms with Crippen molar-refractivity contribution in [2.75, 3.05) is 27.7 Å². The molecule has 1 atom stereocenters. The lowest BCUT2D eigenvalue weighted by molar-refractivity contribution is -0.871. The SMILES string of the molecule is C[N+](C)(C)C[C@@H](CC(=O)O)NC(=O)c1ccc(CCc2ccsc2)o1.O=C([O-])C(F)(F)F. The van der Waals surface area contributed by atoms with Gasteiger partial charge in [0.15, 0.2) is 5.76 Å². The summed E-state index contributed by atoms with van der Waals surface area (Å²) in [5.41, 5.74) is 1.25. The average molecular weight is 478 g/mol. The molecule has 2 N–H and O–H groups in total. The number of nitrogens with one attached hydrogen (secondary N) is 1. The van der Waals surface area contributed by atoms with E-state index in [-0.39, 0.29) is 18.1 Å². The number of halogens is 3. The van der Waals surface area contributed by atoms with Crippen LogP contribution < -0.4 is 10.4 Å². The zero-order valence-electron chi connectivity index (χ0n) is 17.8. The number of carbonyl (C=O) groups excluding carboxylic acids is 2. The highest BCUT2D eigenvalue weighted by atomic mass is 32.1. The minimum absolute atomic E-state index is 0.118. The molecule has 0 bridgehead atoms. The Hall–Kier alpha value is -2.86. The Morgan fingerprint density at radius 3 is 2.28 bits per heavy atom. The van der Waals surface area contributed by atoms with Gasteiger partial charge in [0, 0.05) is 6.42 Å². The van der Waals surface area contributed by atoms with Crippen LogP contribution in [0.15, 0.2) is 33.4 Å². The number of aliphatic carboxylic acids is 2. The number of hydrogen-bond donors (Lipinski definition) is 2. The fourth-order valence-corrected chi connectivity index (χ4v) is 3.33. The van der Waals surface area contributed by atoms with Gasteiger partial charge in [-0.05, 0) is 40.9 Å². The Labute approximate surface area is 186 Å². The minimum Gasteiger partial charge on any atom is -0.542 e. The number of amides is 1. The van der Waals surface area contributed by atoms with Crippen LogP contribution in [0.5, 0.6) is 0 Å². The second-order valence-corrected chi connectivity index (χ2v) is 8.70. The first-order chi connectivity index (χ1) is 14.7. The lowest BCUT2D eigenvalue weighted by atomic mass is 10.1. The van der Waals surface area contributed by atoms with Crippen molar-refractivity contribution in [2.45, 2.75) is 31.5 Å². The van der Waals surface area contributed by atoms with Gasteiger partial charge in [0.05, 0.1) is 40.2 Å². The molecule has 1 amide bonds. The summed E-state index contributed by atoms with van der Waals surface area (Å²) in [6.45, 7) is 0.518. The van der Waals surface area contributed by atoms with Gasteiger partial charge < -0.3 is 29.2 Å². The van der Waals surface area contributed by atoms with Gasteiger partial charge in [0.2, 0.25) is 0 Å². The van der Waals surface area contributed by atoms with Gasteiger partial charge in [-0.15, -0.1) is 0 Å². The highest BCUT2D eigenvalue weighted by Gasteiger charge is 2.29. The number of carboxylic acid groups (broad SMARTS) is 2. The number of furan rings is 1. The van der Waals surface area contributed by atoms with Crippen molar-refractivity contribution in [3.8, 4) is 0 Å². The van der Waals surface area contributed by atoms with Crippen LogP contribution in [0, 0.1) is 0 Å². The van der Waals surface area contributed by atoms with Crippen LogP contribution in [0.1, 0.15) is 28.3 Å². The second kappa shape index (κ2) is 11.7. The molecule has 0 unspecified atom stereocenters. The number of hydrogen-bond acceptors (Lipinski definition) is 6. The summed E-state index contributed by atoms with van der Waals surface area (Å²) in [5, 5.41) is 24.7. The Morgan fingerprint density at radius 1 is 1.19 bits per heavy atom. The largest absolute Gasteiger partial charge is 0.542 e. The van der Waals surface area contributed by atoms with Crippen LogP contribution in [0.25, 0.3) is 0 Å². The maximum atomic E-state index is 12.4. The number of rotatable bonds is 9. The van der Waals surface area contributed by atoms with Crippen LogP contribution in [0.4, 0.5) is 13.2 Å². The number of carbonyl (C=O) groups is 3. The molecule has 2 heterocycles. The van der Waals surface area contributed by atoms with Crippen LogP contribution in [0.2, 0.25) is 0 Å². The predicted octanol–water partition coefficient (Wildman–Crippen LogP) is 1.70. The number of quaternary nitrogens is 1. The van der Waals surface area contributed by atoms with Crippen molar-refractivity contribution in [3.05, 3.63) is 46.0 Å². The molecule has 2 aromatic rings. The molecule has 0 saturated heterocycles. The molecular weight excluding hydrogens is 453 g/mol. The number of likely N-dealkylation sites (N-methyl/N-ethyl adjacent to an activating group) is 1. The Kier molecular flexibility index (Phi) is 9.91. The smallest absolute Gasteiger partial charge is 0.430 e. The summed E-state index contributed by atoms with van der Waals surface area (Å²) in [6, 6.07) is 5.06. The van der Waals surface area contributed by atoms with Crippen LogP contribution in [-0.2, 0) is 22.4 Å². The van der Waals surface area contributed by atoms with Crippen LogP contribution in [0.3, 0.4) is 0 Å². The summed E-state index contributed by atoms with van der Waals surface area (Å²) in [7, 11) is 5.86. The third-order valence-corrected chi connectivity index (χ3v) is 4.61. The summed E-state index contributed by atoms with van der Waals surface area (Å²) < 4.78 is 37.7. The third kappa shape index (κ3) is 11.0. The van der Waals surface area contributed by atoms with Crippen molar-refractivity contribution in [2.24, 2.45) is 0 Å². The molecule has 8 nitrogen and oxygen atoms in total. The van der Waals surface area contributed by atoms with E-state index < -0.39 is 24.2 Å². The average Bonchev–Trinajstić information content (AvgIpc) is 3.29. The molecule has 0 spiro atoms. The van der Waals surface area contributed by atoms with Crippen molar-refractivity contribution in [1.82, 2.24) is 5.32 Å². The Bertz CT molecular complexity index is 888. The van der Waals surface area contributed by atoms with Crippen molar-refractivity contribution < 1.29 is 46.7 Å². The third-order valence-electron chi connectivity index (χ3n) is 3.88. The maximum absolute atomic E-state index is 12.4. The van der Waals surface area contributed by atoms with E-state index in [1.54, 1.807) is 23.5 Å². The van der Waals surface area contributed by atoms with Gasteiger partial charge in [-0.1, -0.05) is 0 Å². The molecule has 0 radical (unpaired) electrons. The summed E-state index contributed by atoms with van der Waals surface area (Å²) in [5.74, 6) is -3.35. The standard InChI is InChI=1S/C18H24N2O4S.C2HF3O2/c1-20(2,3)11-14(10-17(21)22)19-18(23)16-7-6-15(24-16)5-4-13-8-9-25-12-13;3-2(4,5)1(6)7/h6-9,12,14H,4-5,10-11H2,1-3H3,(H-,19,21,22,23);(H,6,7)/t14-;/m1./s1. The first kappa shape index (κ1) is 27.2. The first-order valence-corrected chi connectivity index (χ1v) is 10.3. The molecule has 2 rings (SSSR count). The number of carboxylic acids is 2. The molecule has 0 aromatic carbocycles. The zero-order valence-corrected chi connectivity index (χ0v) is 18.6. The highest BCUT2D eigenvalue weighted by molar-refractivity contribution is 7.07. The van der Waals surface area contributed by atoms with Crippen molar-refractivity contribution >= 4 is 29.2 Å². The van der Waals surface area contributed by atoms with E-state index in [1.807, 2.05) is 26.5 Å². The van der Waals surface area contributed by atoms with Crippen molar-refractivity contribution in [1.29, 1.82) is 0 Å². The Morgan fingerprint density at radius 2 is 1.81 bits per heavy atom. The van der Waals surface area contributed by atoms with E-state index in [0.717, 1.165) is 18.6 Å². The van der Waals surface area contributed by atoms with Gasteiger partial charge >= 0.3 is 12.1 Å². The summed E-state index contributed by atoms with van der Waals surface area (Å²) in [4.78, 5) is 32.2. The van der Waals surface area contributed by atoms with E-state index >= 15 is 0 Å². The zero-order chi connectivity index (χ0) is 24.5. The normalized spacial score (nSPS) is 12.4. The molecule has 2 aromatic heterocycles. The topological polar surface area (TPSA) is 120 Å². The quantitative estimate of drug-likeness (QED) is 0.530. The monoisotopic (exact) mass is 478 g/mol. The van der Waals surface area contributed by atoms with Gasteiger partial charge in [-0.2, -0.15) is 24.5 Å². The van der Waals surface area contributed by atoms with Gasteiger partial charge in [-0.3, -0.25) is 9.59 Å². The lowest BCUT2D eigenvalue weighted by Gasteiger charge is -2.28. The van der Waals surface area contributed by atoms with Crippen LogP contribution in [-0.4, -0.2) is 67.3 Å². The van der Waals surface area contributed by atoms with E-state index in [2.05, 4.69) is 16.8 Å².